The van der Waals surface area contributed by atoms with Gasteiger partial charge in [-0.15, -0.1) is 0 Å². The normalized spacial score (nSPS) is 14.8. The lowest BCUT2D eigenvalue weighted by Gasteiger charge is -2.32. The lowest BCUT2D eigenvalue weighted by atomic mass is 10.0. The van der Waals surface area contributed by atoms with Crippen molar-refractivity contribution in [2.75, 3.05) is 19.7 Å². The molecule has 0 bridgehead atoms. The minimum atomic E-state index is -0.306. The predicted molar refractivity (Wildman–Crippen MR) is 123 cm³/mol. The Kier molecular flexibility index (Phi) is 7.12. The summed E-state index contributed by atoms with van der Waals surface area (Å²) >= 11 is 0. The number of rotatable bonds is 7. The Morgan fingerprint density at radius 1 is 1.12 bits per heavy atom. The molecule has 1 saturated heterocycles. The van der Waals surface area contributed by atoms with Crippen LogP contribution in [0.5, 0.6) is 5.75 Å². The first-order valence-corrected chi connectivity index (χ1v) is 11.1. The van der Waals surface area contributed by atoms with E-state index in [0.29, 0.717) is 23.4 Å². The van der Waals surface area contributed by atoms with E-state index in [4.69, 9.17) is 4.74 Å². The molecule has 1 aliphatic heterocycles. The number of halogens is 1. The predicted octanol–water partition coefficient (Wildman–Crippen LogP) is 4.68. The third-order valence-electron chi connectivity index (χ3n) is 5.68. The van der Waals surface area contributed by atoms with Gasteiger partial charge in [0.1, 0.15) is 11.6 Å². The summed E-state index contributed by atoms with van der Waals surface area (Å²) in [5.41, 5.74) is 3.09. The molecule has 2 aromatic carbocycles. The van der Waals surface area contributed by atoms with Gasteiger partial charge in [0, 0.05) is 37.4 Å². The van der Waals surface area contributed by atoms with Crippen LogP contribution in [0.2, 0.25) is 0 Å². The molecule has 32 heavy (non-hydrogen) atoms. The standard InChI is InChI=1S/C26H28FN3O2/c1-2-32-24-8-3-5-19(15-24)18-30-13-11-23(12-14-30)29-26(31)21-9-10-25(28-17-21)20-6-4-7-22(27)16-20/h3-10,15-17,23H,2,11-14,18H2,1H3,(H,29,31). The van der Waals surface area contributed by atoms with Crippen LogP contribution in [-0.4, -0.2) is 41.5 Å². The van der Waals surface area contributed by atoms with Crippen molar-refractivity contribution in [2.24, 2.45) is 0 Å². The van der Waals surface area contributed by atoms with Crippen molar-refractivity contribution in [3.63, 3.8) is 0 Å². The number of hydrogen-bond donors (Lipinski definition) is 1. The maximum atomic E-state index is 13.4. The van der Waals surface area contributed by atoms with E-state index in [0.717, 1.165) is 38.2 Å². The van der Waals surface area contributed by atoms with Crippen LogP contribution < -0.4 is 10.1 Å². The van der Waals surface area contributed by atoms with E-state index in [1.807, 2.05) is 19.1 Å². The molecule has 0 radical (unpaired) electrons. The fourth-order valence-electron chi connectivity index (χ4n) is 4.01. The smallest absolute Gasteiger partial charge is 0.253 e. The highest BCUT2D eigenvalue weighted by atomic mass is 19.1. The maximum Gasteiger partial charge on any atom is 0.253 e. The van der Waals surface area contributed by atoms with Gasteiger partial charge in [-0.25, -0.2) is 4.39 Å². The Labute approximate surface area is 188 Å². The van der Waals surface area contributed by atoms with Crippen LogP contribution in [-0.2, 0) is 6.54 Å². The quantitative estimate of drug-likeness (QED) is 0.588. The van der Waals surface area contributed by atoms with Crippen LogP contribution in [0, 0.1) is 5.82 Å². The molecule has 1 fully saturated rings. The minimum Gasteiger partial charge on any atom is -0.494 e. The van der Waals surface area contributed by atoms with E-state index in [2.05, 4.69) is 27.3 Å². The summed E-state index contributed by atoms with van der Waals surface area (Å²) < 4.78 is 19.0. The van der Waals surface area contributed by atoms with Gasteiger partial charge >= 0.3 is 0 Å². The van der Waals surface area contributed by atoms with Crippen molar-refractivity contribution >= 4 is 5.91 Å². The second-order valence-electron chi connectivity index (χ2n) is 8.05. The van der Waals surface area contributed by atoms with Crippen LogP contribution >= 0.6 is 0 Å². The zero-order valence-corrected chi connectivity index (χ0v) is 18.3. The summed E-state index contributed by atoms with van der Waals surface area (Å²) in [6.07, 6.45) is 3.37. The lowest BCUT2D eigenvalue weighted by molar-refractivity contribution is 0.0908. The first-order chi connectivity index (χ1) is 15.6. The van der Waals surface area contributed by atoms with Gasteiger partial charge < -0.3 is 10.1 Å². The van der Waals surface area contributed by atoms with Crippen molar-refractivity contribution < 1.29 is 13.9 Å². The Morgan fingerprint density at radius 2 is 1.94 bits per heavy atom. The molecule has 2 heterocycles. The third kappa shape index (κ3) is 5.71. The summed E-state index contributed by atoms with van der Waals surface area (Å²) in [4.78, 5) is 19.4. The van der Waals surface area contributed by atoms with Crippen LogP contribution in [0.3, 0.4) is 0 Å². The van der Waals surface area contributed by atoms with Crippen molar-refractivity contribution in [3.05, 3.63) is 83.8 Å². The number of amides is 1. The molecule has 0 unspecified atom stereocenters. The number of carbonyl (C=O) groups excluding carboxylic acids is 1. The van der Waals surface area contributed by atoms with Crippen molar-refractivity contribution in [3.8, 4) is 17.0 Å². The fraction of sp³-hybridized carbons (Fsp3) is 0.308. The fourth-order valence-corrected chi connectivity index (χ4v) is 4.01. The molecule has 1 aromatic heterocycles. The average Bonchev–Trinajstić information content (AvgIpc) is 2.81. The van der Waals surface area contributed by atoms with Gasteiger partial charge in [-0.3, -0.25) is 14.7 Å². The van der Waals surface area contributed by atoms with Crippen LogP contribution in [0.15, 0.2) is 66.9 Å². The molecule has 0 atom stereocenters. The molecule has 0 spiro atoms. The lowest BCUT2D eigenvalue weighted by Crippen LogP contribution is -2.44. The molecule has 0 saturated carbocycles. The van der Waals surface area contributed by atoms with Gasteiger partial charge in [-0.1, -0.05) is 24.3 Å². The van der Waals surface area contributed by atoms with E-state index in [9.17, 15) is 9.18 Å². The number of pyridine rings is 1. The number of nitrogens with zero attached hydrogens (tertiary/aromatic N) is 2. The number of nitrogens with one attached hydrogen (secondary N) is 1. The molecular weight excluding hydrogens is 405 g/mol. The number of ether oxygens (including phenoxy) is 1. The van der Waals surface area contributed by atoms with Crippen molar-refractivity contribution in [1.82, 2.24) is 15.2 Å². The van der Waals surface area contributed by atoms with Gasteiger partial charge in [-0.05, 0) is 61.7 Å². The SMILES string of the molecule is CCOc1cccc(CN2CCC(NC(=O)c3ccc(-c4cccc(F)c4)nc3)CC2)c1. The van der Waals surface area contributed by atoms with Gasteiger partial charge in [0.15, 0.2) is 0 Å². The summed E-state index contributed by atoms with van der Waals surface area (Å²) in [6.45, 7) is 5.40. The topological polar surface area (TPSA) is 54.5 Å². The maximum absolute atomic E-state index is 13.4. The van der Waals surface area contributed by atoms with E-state index in [-0.39, 0.29) is 17.8 Å². The molecule has 3 aromatic rings. The molecule has 1 N–H and O–H groups in total. The summed E-state index contributed by atoms with van der Waals surface area (Å²) in [6, 6.07) is 18.1. The number of benzene rings is 2. The second-order valence-corrected chi connectivity index (χ2v) is 8.05. The Bertz CT molecular complexity index is 1050. The number of hydrogen-bond acceptors (Lipinski definition) is 4. The molecule has 1 amide bonds. The highest BCUT2D eigenvalue weighted by Gasteiger charge is 2.21. The number of piperidine rings is 1. The van der Waals surface area contributed by atoms with Gasteiger partial charge in [0.05, 0.1) is 17.9 Å². The summed E-state index contributed by atoms with van der Waals surface area (Å²) in [5, 5.41) is 3.13. The van der Waals surface area contributed by atoms with Crippen LogP contribution in [0.4, 0.5) is 4.39 Å². The zero-order chi connectivity index (χ0) is 22.3. The third-order valence-corrected chi connectivity index (χ3v) is 5.68. The van der Waals surface area contributed by atoms with Crippen LogP contribution in [0.1, 0.15) is 35.7 Å². The number of aromatic nitrogens is 1. The van der Waals surface area contributed by atoms with Gasteiger partial charge in [0.2, 0.25) is 0 Å². The highest BCUT2D eigenvalue weighted by molar-refractivity contribution is 5.94. The number of carbonyl (C=O) groups is 1. The second kappa shape index (κ2) is 10.4. The van der Waals surface area contributed by atoms with Crippen molar-refractivity contribution in [2.45, 2.75) is 32.4 Å². The molecule has 0 aliphatic carbocycles. The monoisotopic (exact) mass is 433 g/mol. The van der Waals surface area contributed by atoms with E-state index < -0.39 is 0 Å². The van der Waals surface area contributed by atoms with E-state index in [1.54, 1.807) is 30.5 Å². The molecule has 1 aliphatic rings. The molecule has 6 heteroatoms. The first kappa shape index (κ1) is 22.0. The highest BCUT2D eigenvalue weighted by Crippen LogP contribution is 2.20. The molecular formula is C26H28FN3O2. The summed E-state index contributed by atoms with van der Waals surface area (Å²) in [5.74, 6) is 0.481. The Hall–Kier alpha value is -3.25. The minimum absolute atomic E-state index is 0.119. The van der Waals surface area contributed by atoms with E-state index in [1.165, 1.54) is 17.7 Å². The number of likely N-dealkylation sites (tertiary alicyclic amines) is 1. The van der Waals surface area contributed by atoms with E-state index >= 15 is 0 Å². The zero-order valence-electron chi connectivity index (χ0n) is 18.3. The van der Waals surface area contributed by atoms with Gasteiger partial charge in [-0.2, -0.15) is 0 Å². The summed E-state index contributed by atoms with van der Waals surface area (Å²) in [7, 11) is 0. The Balaban J connectivity index is 1.27. The average molecular weight is 434 g/mol. The van der Waals surface area contributed by atoms with Crippen LogP contribution in [0.25, 0.3) is 11.3 Å². The Morgan fingerprint density at radius 3 is 2.66 bits per heavy atom. The molecule has 166 valence electrons. The first-order valence-electron chi connectivity index (χ1n) is 11.1. The largest absolute Gasteiger partial charge is 0.494 e. The molecule has 5 nitrogen and oxygen atoms in total. The van der Waals surface area contributed by atoms with Crippen molar-refractivity contribution in [1.29, 1.82) is 0 Å². The van der Waals surface area contributed by atoms with Gasteiger partial charge in [0.25, 0.3) is 5.91 Å². The molecule has 4 rings (SSSR count).